The number of ether oxygens (including phenoxy) is 2. The molecule has 0 amide bonds. The predicted octanol–water partition coefficient (Wildman–Crippen LogP) is 5.80. The first-order chi connectivity index (χ1) is 17.8. The van der Waals surface area contributed by atoms with Crippen LogP contribution in [-0.4, -0.2) is 50.4 Å². The Morgan fingerprint density at radius 3 is 2.08 bits per heavy atom. The van der Waals surface area contributed by atoms with Gasteiger partial charge in [-0.25, -0.2) is 14.4 Å². The SMILES string of the molecule is COc1cc2nc(-c3cccc(C(F)(F)F)c3)nc(N3CCN(c4ccc(F)cc4)CC3)c2cc1OC. The smallest absolute Gasteiger partial charge is 0.416 e. The molecule has 0 bridgehead atoms. The van der Waals surface area contributed by atoms with Crippen LogP contribution in [0.4, 0.5) is 29.1 Å². The molecule has 10 heteroatoms. The summed E-state index contributed by atoms with van der Waals surface area (Å²) < 4.78 is 64.4. The minimum absolute atomic E-state index is 0.182. The zero-order valence-electron chi connectivity index (χ0n) is 20.2. The molecule has 0 atom stereocenters. The number of hydrogen-bond acceptors (Lipinski definition) is 6. The first-order valence-electron chi connectivity index (χ1n) is 11.6. The first kappa shape index (κ1) is 24.6. The van der Waals surface area contributed by atoms with Gasteiger partial charge in [0, 0.05) is 48.9 Å². The molecule has 4 aromatic rings. The molecule has 0 aliphatic carbocycles. The topological polar surface area (TPSA) is 50.7 Å². The number of benzene rings is 3. The van der Waals surface area contributed by atoms with Crippen molar-refractivity contribution in [2.45, 2.75) is 6.18 Å². The number of halogens is 4. The summed E-state index contributed by atoms with van der Waals surface area (Å²) in [6.45, 7) is 2.51. The van der Waals surface area contributed by atoms with Crippen molar-refractivity contribution in [2.24, 2.45) is 0 Å². The van der Waals surface area contributed by atoms with Crippen LogP contribution in [0.2, 0.25) is 0 Å². The van der Waals surface area contributed by atoms with Crippen LogP contribution in [0.15, 0.2) is 60.7 Å². The Hall–Kier alpha value is -4.08. The van der Waals surface area contributed by atoms with Gasteiger partial charge in [0.25, 0.3) is 0 Å². The van der Waals surface area contributed by atoms with E-state index < -0.39 is 11.7 Å². The third-order valence-corrected chi connectivity index (χ3v) is 6.40. The zero-order valence-corrected chi connectivity index (χ0v) is 20.2. The van der Waals surface area contributed by atoms with Crippen molar-refractivity contribution in [1.82, 2.24) is 9.97 Å². The maximum Gasteiger partial charge on any atom is 0.416 e. The van der Waals surface area contributed by atoms with Gasteiger partial charge < -0.3 is 19.3 Å². The van der Waals surface area contributed by atoms with E-state index in [1.165, 1.54) is 32.4 Å². The molecule has 0 spiro atoms. The number of rotatable bonds is 5. The number of aromatic nitrogens is 2. The second kappa shape index (κ2) is 9.76. The van der Waals surface area contributed by atoms with Crippen LogP contribution in [0.3, 0.4) is 0 Å². The fraction of sp³-hybridized carbons (Fsp3) is 0.259. The Labute approximate surface area is 211 Å². The molecule has 1 aromatic heterocycles. The molecule has 0 radical (unpaired) electrons. The summed E-state index contributed by atoms with van der Waals surface area (Å²) in [7, 11) is 3.04. The molecule has 1 saturated heterocycles. The van der Waals surface area contributed by atoms with Gasteiger partial charge >= 0.3 is 6.18 Å². The van der Waals surface area contributed by atoms with Crippen molar-refractivity contribution in [3.63, 3.8) is 0 Å². The zero-order chi connectivity index (χ0) is 26.2. The molecule has 0 saturated carbocycles. The molecular weight excluding hydrogens is 488 g/mol. The third kappa shape index (κ3) is 4.96. The summed E-state index contributed by atoms with van der Waals surface area (Å²) in [6.07, 6.45) is -4.48. The van der Waals surface area contributed by atoms with E-state index in [0.717, 1.165) is 17.8 Å². The summed E-state index contributed by atoms with van der Waals surface area (Å²) in [5, 5.41) is 0.698. The van der Waals surface area contributed by atoms with Gasteiger partial charge in [-0.05, 0) is 42.5 Å². The summed E-state index contributed by atoms with van der Waals surface area (Å²) in [5.74, 6) is 1.44. The quantitative estimate of drug-likeness (QED) is 0.315. The van der Waals surface area contributed by atoms with Crippen molar-refractivity contribution in [1.29, 1.82) is 0 Å². The summed E-state index contributed by atoms with van der Waals surface area (Å²) in [6, 6.07) is 14.8. The van der Waals surface area contributed by atoms with Crippen LogP contribution >= 0.6 is 0 Å². The average Bonchev–Trinajstić information content (AvgIpc) is 2.91. The van der Waals surface area contributed by atoms with Crippen molar-refractivity contribution in [3.8, 4) is 22.9 Å². The lowest BCUT2D eigenvalue weighted by Gasteiger charge is -2.37. The van der Waals surface area contributed by atoms with Gasteiger partial charge in [0.05, 0.1) is 25.3 Å². The van der Waals surface area contributed by atoms with Crippen LogP contribution in [0, 0.1) is 5.82 Å². The second-order valence-electron chi connectivity index (χ2n) is 8.62. The van der Waals surface area contributed by atoms with Crippen LogP contribution in [0.5, 0.6) is 11.5 Å². The summed E-state index contributed by atoms with van der Waals surface area (Å²) in [4.78, 5) is 13.6. The highest BCUT2D eigenvalue weighted by Crippen LogP contribution is 2.38. The largest absolute Gasteiger partial charge is 0.493 e. The van der Waals surface area contributed by atoms with Gasteiger partial charge in [0.2, 0.25) is 0 Å². The van der Waals surface area contributed by atoms with Crippen molar-refractivity contribution < 1.29 is 27.0 Å². The molecule has 5 rings (SSSR count). The van der Waals surface area contributed by atoms with Crippen molar-refractivity contribution in [3.05, 3.63) is 72.0 Å². The number of hydrogen-bond donors (Lipinski definition) is 0. The molecular formula is C27H24F4N4O2. The maximum atomic E-state index is 13.4. The number of anilines is 2. The normalized spacial score (nSPS) is 14.2. The lowest BCUT2D eigenvalue weighted by molar-refractivity contribution is -0.137. The van der Waals surface area contributed by atoms with Gasteiger partial charge in [-0.2, -0.15) is 13.2 Å². The minimum Gasteiger partial charge on any atom is -0.493 e. The first-order valence-corrected chi connectivity index (χ1v) is 11.6. The van der Waals surface area contributed by atoms with E-state index in [1.54, 1.807) is 30.3 Å². The molecule has 0 unspecified atom stereocenters. The predicted molar refractivity (Wildman–Crippen MR) is 134 cm³/mol. The molecule has 6 nitrogen and oxygen atoms in total. The Balaban J connectivity index is 1.56. The molecule has 0 N–H and O–H groups in total. The van der Waals surface area contributed by atoms with Gasteiger partial charge in [0.1, 0.15) is 11.6 Å². The van der Waals surface area contributed by atoms with E-state index in [9.17, 15) is 17.6 Å². The molecule has 1 aliphatic heterocycles. The lowest BCUT2D eigenvalue weighted by Crippen LogP contribution is -2.47. The van der Waals surface area contributed by atoms with Crippen LogP contribution in [0.1, 0.15) is 5.56 Å². The summed E-state index contributed by atoms with van der Waals surface area (Å²) >= 11 is 0. The molecule has 192 valence electrons. The summed E-state index contributed by atoms with van der Waals surface area (Å²) in [5.41, 5.74) is 0.939. The van der Waals surface area contributed by atoms with E-state index in [1.807, 2.05) is 0 Å². The molecule has 37 heavy (non-hydrogen) atoms. The molecule has 1 aliphatic rings. The number of piperazine rings is 1. The Morgan fingerprint density at radius 2 is 1.43 bits per heavy atom. The van der Waals surface area contributed by atoms with Gasteiger partial charge in [-0.15, -0.1) is 0 Å². The Kier molecular flexibility index (Phi) is 6.49. The van der Waals surface area contributed by atoms with E-state index in [-0.39, 0.29) is 17.2 Å². The van der Waals surface area contributed by atoms with Gasteiger partial charge in [-0.1, -0.05) is 12.1 Å². The van der Waals surface area contributed by atoms with Crippen LogP contribution < -0.4 is 19.3 Å². The molecule has 3 aromatic carbocycles. The Morgan fingerprint density at radius 1 is 0.784 bits per heavy atom. The number of methoxy groups -OCH3 is 2. The minimum atomic E-state index is -4.48. The standard InChI is InChI=1S/C27H24F4N4O2/c1-36-23-15-21-22(16-24(23)37-2)32-25(17-4-3-5-18(14-17)27(29,30)31)33-26(21)35-12-10-34(11-13-35)20-8-6-19(28)7-9-20/h3-9,14-16H,10-13H2,1-2H3. The van der Waals surface area contributed by atoms with Gasteiger partial charge in [0.15, 0.2) is 17.3 Å². The van der Waals surface area contributed by atoms with E-state index in [0.29, 0.717) is 54.4 Å². The molecule has 2 heterocycles. The van der Waals surface area contributed by atoms with Crippen LogP contribution in [-0.2, 0) is 6.18 Å². The fourth-order valence-corrected chi connectivity index (χ4v) is 4.47. The van der Waals surface area contributed by atoms with E-state index in [2.05, 4.69) is 14.8 Å². The maximum absolute atomic E-state index is 13.4. The number of fused-ring (bicyclic) bond motifs is 1. The van der Waals surface area contributed by atoms with Crippen molar-refractivity contribution >= 4 is 22.4 Å². The van der Waals surface area contributed by atoms with Crippen LogP contribution in [0.25, 0.3) is 22.3 Å². The second-order valence-corrected chi connectivity index (χ2v) is 8.62. The fourth-order valence-electron chi connectivity index (χ4n) is 4.47. The Bertz CT molecular complexity index is 1420. The van der Waals surface area contributed by atoms with E-state index in [4.69, 9.17) is 14.5 Å². The van der Waals surface area contributed by atoms with E-state index >= 15 is 0 Å². The highest BCUT2D eigenvalue weighted by molar-refractivity contribution is 5.93. The van der Waals surface area contributed by atoms with Crippen molar-refractivity contribution in [2.75, 3.05) is 50.2 Å². The molecule has 1 fully saturated rings. The highest BCUT2D eigenvalue weighted by Gasteiger charge is 2.31. The number of alkyl halides is 3. The number of nitrogens with zero attached hydrogens (tertiary/aromatic N) is 4. The third-order valence-electron chi connectivity index (χ3n) is 6.40. The lowest BCUT2D eigenvalue weighted by atomic mass is 10.1. The highest BCUT2D eigenvalue weighted by atomic mass is 19.4. The van der Waals surface area contributed by atoms with Gasteiger partial charge in [-0.3, -0.25) is 0 Å². The monoisotopic (exact) mass is 512 g/mol. The average molecular weight is 513 g/mol.